The summed E-state index contributed by atoms with van der Waals surface area (Å²) in [6.07, 6.45) is 1.25. The number of epoxide rings is 2. The van der Waals surface area contributed by atoms with E-state index < -0.39 is 41.1 Å². The Morgan fingerprint density at radius 1 is 0.632 bits per heavy atom. The second kappa shape index (κ2) is 73.8. The maximum absolute atomic E-state index is 11.7. The van der Waals surface area contributed by atoms with Gasteiger partial charge in [0.05, 0.1) is 36.4 Å². The summed E-state index contributed by atoms with van der Waals surface area (Å²) in [5.41, 5.74) is 5.12. The van der Waals surface area contributed by atoms with E-state index in [9.17, 15) is 34.9 Å². The van der Waals surface area contributed by atoms with Gasteiger partial charge in [0.1, 0.15) is 9.84 Å². The fraction of sp³-hybridized carbons (Fsp3) is 0.818. The molecular weight excluding hydrogens is 3130 g/mol. The average Bonchev–Trinajstić information content (AvgIpc) is 1.64. The van der Waals surface area contributed by atoms with Crippen LogP contribution < -0.4 is 16.7 Å². The minimum absolute atomic E-state index is 0.0324. The zero-order valence-corrected chi connectivity index (χ0v) is 106. The van der Waals surface area contributed by atoms with Crippen molar-refractivity contribution in [1.82, 2.24) is 15.8 Å². The number of sulfone groups is 1. The Morgan fingerprint density at radius 3 is 1.01 bits per heavy atom. The molecule has 29 heteroatoms. The molecule has 8 unspecified atom stereocenters. The number of ether oxygens (including phenoxy) is 2. The van der Waals surface area contributed by atoms with Crippen molar-refractivity contribution in [3.8, 4) is 11.8 Å². The number of alkyl halides is 3. The molecule has 0 aromatic heterocycles. The standard InChI is InChI=1S/C8H15N.C7H12O.C7H14.C7H10.C6H12O2S.C6H15OP.2C6H10.C5H7F3.C5H13OP.C4H10N2.C4H9NO.C4H10O2S.C2H6.10W/c1-6(2)5-8-7(3)9(8)4;1-5(2)4-7-6(3)8-7;1-6(2)5-7(3)4;1-4-5-6-7(2)3;1-4(2)9(7)6-5(3)8-6;1-6(2)5-8(3,4)7;2*1-4-5-6(2)3;1-4(2)3-5(6,7)8;1-5(2)7(3,4)6;1-4(2)3-6-5;1-4(2)3-5-6;1-4(2)7(3,5)6;1-2;;;;;;;;;;/h6-8H,1-4H3;5-7H,1-3H3;6-7H,1-4H3;7H,1-3H3;4-6H,1-3H3;6H,5H2,1-4H3;6H,1-3H3;4,6H,1H2,2-3H3;4H,1-2H3;5H,1-4H3;4,6H,5H2,1-2H3;4-6H,1-2H3;4H,1-3H3;1-2H3;;;;;;;;;;. The third kappa shape index (κ3) is 89.7. The van der Waals surface area contributed by atoms with Gasteiger partial charge in [-0.25, -0.2) is 8.42 Å². The number of nitrogens with two attached hydrogens (primary N) is 1. The first kappa shape index (κ1) is 134. The third-order valence-corrected chi connectivity index (χ3v) is 46.6. The molecule has 0 aliphatic carbocycles. The molecule has 3 saturated heterocycles. The molecule has 5 N–H and O–H groups in total. The number of likely N-dealkylation sites (N-methyl/N-ethyl adjacent to an activating group) is 1. The molecule has 8 atom stereocenters. The Kier molecular flexibility index (Phi) is 93.5. The van der Waals surface area contributed by atoms with Crippen LogP contribution in [-0.4, -0.2) is 166 Å². The Morgan fingerprint density at radius 2 is 0.972 bits per heavy atom. The van der Waals surface area contributed by atoms with Crippen molar-refractivity contribution in [1.29, 1.82) is 0 Å². The second-order valence-electron chi connectivity index (χ2n) is 30.1. The van der Waals surface area contributed by atoms with E-state index in [1.807, 2.05) is 102 Å². The van der Waals surface area contributed by atoms with Gasteiger partial charge in [-0.15, -0.1) is 0 Å². The van der Waals surface area contributed by atoms with Crippen molar-refractivity contribution < 1.29 is 243 Å². The second-order valence-corrected chi connectivity index (χ2v) is 59.1. The van der Waals surface area contributed by atoms with Crippen LogP contribution in [0.3, 0.4) is 0 Å². The Hall–Kier alpha value is 4.95. The molecule has 3 fully saturated rings. The number of nitrogens with one attached hydrogen (secondary N) is 2. The molecular formula is C77H153F3N4O8P2S2W10. The number of halogens is 3. The topological polar surface area (TPSA) is 184 Å². The van der Waals surface area contributed by atoms with E-state index in [4.69, 9.17) is 20.5 Å². The number of allylic oxidation sites excluding steroid dienone is 1. The Labute approximate surface area is 765 Å². The van der Waals surface area contributed by atoms with E-state index in [1.54, 1.807) is 163 Å². The summed E-state index contributed by atoms with van der Waals surface area (Å²) in [5, 5.41) is 8.25. The minimum atomic E-state index is -4.07. The van der Waals surface area contributed by atoms with Crippen molar-refractivity contribution >= 4 is 74.1 Å². The van der Waals surface area contributed by atoms with Crippen molar-refractivity contribution in [2.45, 2.75) is 300 Å². The van der Waals surface area contributed by atoms with Crippen molar-refractivity contribution in [2.75, 3.05) is 46.1 Å². The number of rotatable bonds is 22. The molecule has 0 aromatic carbocycles. The van der Waals surface area contributed by atoms with Crippen LogP contribution in [0.5, 0.6) is 0 Å². The SMILES string of the molecule is C=C[C](=[W])C(C)C.CC.CC#C[C](=[W])C(C)C.CC(C)CP(C)(C)=O.CC(C)P(C)(C)=O.CC(C)S(C)(=O)=O.CC(C)[C](=[W])C(C)C.CC(C)[C](=[W])C(F)(F)F.CC(C)[C](=[W])C1C(C)N1C.CC(C)[C](=[W])C1OC1C.CC(C)[C](=[W])NN.CC(C)[C](=[W])NO.CC1OC1S(=O)C(C)C.C[C](=[W])[C](=[W])C(C)C. The predicted octanol–water partition coefficient (Wildman–Crippen LogP) is 16.9. The van der Waals surface area contributed by atoms with Crippen LogP contribution in [0.15, 0.2) is 12.7 Å². The zero-order chi connectivity index (χ0) is 88.1. The zero-order valence-electron chi connectivity index (χ0n) is 73.3. The van der Waals surface area contributed by atoms with Crippen LogP contribution in [0.1, 0.15) is 242 Å². The van der Waals surface area contributed by atoms with Gasteiger partial charge in [0, 0.05) is 23.3 Å². The first-order valence-corrected chi connectivity index (χ1v) is 59.7. The van der Waals surface area contributed by atoms with E-state index >= 15 is 0 Å². The van der Waals surface area contributed by atoms with E-state index in [1.165, 1.54) is 76.1 Å². The fourth-order valence-corrected chi connectivity index (χ4v) is 12.2. The van der Waals surface area contributed by atoms with Gasteiger partial charge in [-0.3, -0.25) is 4.21 Å². The summed E-state index contributed by atoms with van der Waals surface area (Å²) >= 11 is 14.5. The number of hydroxylamine groups is 1. The van der Waals surface area contributed by atoms with E-state index in [0.717, 1.165) is 51.9 Å². The van der Waals surface area contributed by atoms with Crippen LogP contribution >= 0.6 is 14.3 Å². The number of hydrazine groups is 1. The van der Waals surface area contributed by atoms with Crippen LogP contribution in [-0.2, 0) is 233 Å². The number of hydrogen-bond acceptors (Lipinski definition) is 12. The summed E-state index contributed by atoms with van der Waals surface area (Å²) in [7, 11) is -4.76. The molecule has 0 aromatic rings. The summed E-state index contributed by atoms with van der Waals surface area (Å²) in [4.78, 5) is 2.43. The monoisotopic (exact) mass is 3280 g/mol. The summed E-state index contributed by atoms with van der Waals surface area (Å²) in [5.74, 6) is 17.5. The fourth-order valence-electron chi connectivity index (χ4n) is 5.84. The molecule has 3 heterocycles. The van der Waals surface area contributed by atoms with Gasteiger partial charge in [-0.1, -0.05) is 55.4 Å². The summed E-state index contributed by atoms with van der Waals surface area (Å²) in [6, 6.07) is 1.63. The average molecular weight is 3280 g/mol. The predicted molar refractivity (Wildman–Crippen MR) is 434 cm³/mol. The molecule has 0 radical (unpaired) electrons. The quantitative estimate of drug-likeness (QED) is 0.0265. The van der Waals surface area contributed by atoms with Crippen molar-refractivity contribution in [2.24, 2.45) is 70.9 Å². The van der Waals surface area contributed by atoms with Gasteiger partial charge in [0.25, 0.3) is 0 Å². The Bertz CT molecular complexity index is 2760. The molecule has 0 saturated carbocycles. The van der Waals surface area contributed by atoms with Crippen LogP contribution in [0, 0.1) is 76.9 Å². The van der Waals surface area contributed by atoms with Gasteiger partial charge >= 0.3 is 565 Å². The van der Waals surface area contributed by atoms with Gasteiger partial charge in [-0.05, 0) is 53.3 Å². The van der Waals surface area contributed by atoms with Gasteiger partial charge in [0.15, 0.2) is 5.44 Å². The van der Waals surface area contributed by atoms with Gasteiger partial charge in [0.2, 0.25) is 0 Å². The van der Waals surface area contributed by atoms with Crippen molar-refractivity contribution in [3.05, 3.63) is 12.7 Å². The van der Waals surface area contributed by atoms with Gasteiger partial charge < -0.3 is 13.9 Å². The summed E-state index contributed by atoms with van der Waals surface area (Å²) < 4.78 is 112. The van der Waals surface area contributed by atoms with E-state index in [2.05, 4.69) is 187 Å². The third-order valence-electron chi connectivity index (χ3n) is 13.8. The normalized spacial score (nSPS) is 17.3. The molecule has 0 spiro atoms. The van der Waals surface area contributed by atoms with Crippen molar-refractivity contribution in [3.63, 3.8) is 0 Å². The first-order valence-electron chi connectivity index (χ1n) is 36.3. The molecule has 0 bridgehead atoms. The number of nitrogens with zero attached hydrogens (tertiary/aromatic N) is 1. The molecule has 3 rings (SSSR count). The van der Waals surface area contributed by atoms with E-state index in [0.29, 0.717) is 66.8 Å². The van der Waals surface area contributed by atoms with Crippen LogP contribution in [0.4, 0.5) is 13.2 Å². The van der Waals surface area contributed by atoms with Crippen LogP contribution in [0.25, 0.3) is 0 Å². The molecule has 0 amide bonds. The first-order chi connectivity index (χ1) is 47.3. The number of hydrogen-bond donors (Lipinski definition) is 4. The Balaban J connectivity index is -0.000000102. The molecule has 106 heavy (non-hydrogen) atoms. The molecule has 632 valence electrons. The molecule has 3 aliphatic rings. The summed E-state index contributed by atoms with van der Waals surface area (Å²) in [6.45, 7) is 83.6. The molecule has 12 nitrogen and oxygen atoms in total. The van der Waals surface area contributed by atoms with Crippen LogP contribution in [0.2, 0.25) is 0 Å². The maximum atomic E-state index is 11.7. The van der Waals surface area contributed by atoms with E-state index in [-0.39, 0.29) is 31.9 Å². The van der Waals surface area contributed by atoms with Gasteiger partial charge in [-0.2, -0.15) is 0 Å². The molecule has 3 aliphatic heterocycles.